The van der Waals surface area contributed by atoms with E-state index in [1.165, 1.54) is 32.1 Å². The predicted octanol–water partition coefficient (Wildman–Crippen LogP) is 4.89. The molecule has 0 aliphatic carbocycles. The molecule has 0 aliphatic rings. The minimum Gasteiger partial charge on any atom is -0.463 e. The zero-order valence-electron chi connectivity index (χ0n) is 15.6. The minimum atomic E-state index is -0.104. The summed E-state index contributed by atoms with van der Waals surface area (Å²) < 4.78 is 16.3. The Kier molecular flexibility index (Phi) is 17.3. The Morgan fingerprint density at radius 3 is 2.04 bits per heavy atom. The van der Waals surface area contributed by atoms with Crippen LogP contribution in [0.25, 0.3) is 0 Å². The Labute approximate surface area is 143 Å². The summed E-state index contributed by atoms with van der Waals surface area (Å²) in [6.45, 7) is 9.03. The van der Waals surface area contributed by atoms with Gasteiger partial charge in [0.2, 0.25) is 0 Å². The first kappa shape index (κ1) is 22.4. The van der Waals surface area contributed by atoms with Crippen LogP contribution in [0.2, 0.25) is 0 Å². The fourth-order valence-corrected chi connectivity index (χ4v) is 2.30. The van der Waals surface area contributed by atoms with Crippen molar-refractivity contribution < 1.29 is 19.0 Å². The molecule has 4 heteroatoms. The number of hydrogen-bond acceptors (Lipinski definition) is 4. The molecule has 0 fully saturated rings. The van der Waals surface area contributed by atoms with Crippen molar-refractivity contribution in [2.75, 3.05) is 26.4 Å². The lowest BCUT2D eigenvalue weighted by Gasteiger charge is -2.13. The summed E-state index contributed by atoms with van der Waals surface area (Å²) >= 11 is 0. The number of ether oxygens (including phenoxy) is 3. The lowest BCUT2D eigenvalue weighted by Crippen LogP contribution is -2.15. The van der Waals surface area contributed by atoms with Crippen molar-refractivity contribution in [1.29, 1.82) is 0 Å². The third kappa shape index (κ3) is 17.6. The fourth-order valence-electron chi connectivity index (χ4n) is 2.30. The van der Waals surface area contributed by atoms with Crippen molar-refractivity contribution in [1.82, 2.24) is 0 Å². The van der Waals surface area contributed by atoms with Gasteiger partial charge in [0.05, 0.1) is 19.3 Å². The Morgan fingerprint density at radius 2 is 1.39 bits per heavy atom. The van der Waals surface area contributed by atoms with E-state index in [1.807, 2.05) is 6.92 Å². The maximum Gasteiger partial charge on any atom is 0.306 e. The molecule has 4 nitrogen and oxygen atoms in total. The van der Waals surface area contributed by atoms with Gasteiger partial charge in [-0.3, -0.25) is 4.79 Å². The van der Waals surface area contributed by atoms with Crippen LogP contribution >= 0.6 is 0 Å². The quantitative estimate of drug-likeness (QED) is 0.281. The highest BCUT2D eigenvalue weighted by Gasteiger charge is 2.08. The van der Waals surface area contributed by atoms with Crippen molar-refractivity contribution in [2.24, 2.45) is 0 Å². The van der Waals surface area contributed by atoms with Crippen molar-refractivity contribution in [2.45, 2.75) is 91.1 Å². The van der Waals surface area contributed by atoms with Crippen LogP contribution in [-0.2, 0) is 19.0 Å². The van der Waals surface area contributed by atoms with E-state index in [0.29, 0.717) is 26.2 Å². The normalized spacial score (nSPS) is 12.3. The summed E-state index contributed by atoms with van der Waals surface area (Å²) in [5.74, 6) is -0.104. The lowest BCUT2D eigenvalue weighted by atomic mass is 10.1. The molecule has 0 saturated carbocycles. The minimum absolute atomic E-state index is 0.0387. The van der Waals surface area contributed by atoms with Crippen LogP contribution in [0.5, 0.6) is 0 Å². The summed E-state index contributed by atoms with van der Waals surface area (Å²) in [5, 5.41) is 0. The van der Waals surface area contributed by atoms with Gasteiger partial charge in [-0.25, -0.2) is 0 Å². The topological polar surface area (TPSA) is 44.8 Å². The molecular formula is C19H38O4. The van der Waals surface area contributed by atoms with Crippen LogP contribution in [0.1, 0.15) is 85.0 Å². The first-order chi connectivity index (χ1) is 11.2. The molecular weight excluding hydrogens is 292 g/mol. The number of hydrogen-bond donors (Lipinski definition) is 0. The van der Waals surface area contributed by atoms with E-state index in [0.717, 1.165) is 32.3 Å². The third-order valence-electron chi connectivity index (χ3n) is 3.73. The molecule has 0 N–H and O–H groups in total. The summed E-state index contributed by atoms with van der Waals surface area (Å²) in [6.07, 6.45) is 10.6. The second-order valence-electron chi connectivity index (χ2n) is 6.19. The summed E-state index contributed by atoms with van der Waals surface area (Å²) in [5.41, 5.74) is 0. The molecule has 1 atom stereocenters. The van der Waals surface area contributed by atoms with Gasteiger partial charge in [-0.1, -0.05) is 46.0 Å². The first-order valence-electron chi connectivity index (χ1n) is 9.55. The largest absolute Gasteiger partial charge is 0.463 e. The Morgan fingerprint density at radius 1 is 0.783 bits per heavy atom. The maximum absolute atomic E-state index is 11.7. The second kappa shape index (κ2) is 17.7. The van der Waals surface area contributed by atoms with E-state index >= 15 is 0 Å². The molecule has 0 amide bonds. The van der Waals surface area contributed by atoms with E-state index in [9.17, 15) is 4.79 Å². The van der Waals surface area contributed by atoms with Gasteiger partial charge in [-0.05, 0) is 32.6 Å². The van der Waals surface area contributed by atoms with Crippen LogP contribution in [0.3, 0.4) is 0 Å². The van der Waals surface area contributed by atoms with Crippen LogP contribution in [0, 0.1) is 0 Å². The van der Waals surface area contributed by atoms with Gasteiger partial charge in [0.25, 0.3) is 0 Å². The molecule has 0 bridgehead atoms. The number of rotatable bonds is 17. The molecule has 138 valence electrons. The lowest BCUT2D eigenvalue weighted by molar-refractivity contribution is -0.148. The van der Waals surface area contributed by atoms with Gasteiger partial charge in [0, 0.05) is 19.6 Å². The number of esters is 1. The highest BCUT2D eigenvalue weighted by molar-refractivity contribution is 5.69. The van der Waals surface area contributed by atoms with Crippen molar-refractivity contribution in [3.05, 3.63) is 0 Å². The SMILES string of the molecule is CCCCCCC(C)OC(=O)CCCOCCOCCCCC. The smallest absolute Gasteiger partial charge is 0.306 e. The molecule has 0 aliphatic heterocycles. The molecule has 0 aromatic rings. The third-order valence-corrected chi connectivity index (χ3v) is 3.73. The predicted molar refractivity (Wildman–Crippen MR) is 94.7 cm³/mol. The average molecular weight is 331 g/mol. The zero-order chi connectivity index (χ0) is 17.2. The van der Waals surface area contributed by atoms with Gasteiger partial charge >= 0.3 is 5.97 Å². The van der Waals surface area contributed by atoms with E-state index in [2.05, 4.69) is 13.8 Å². The molecule has 0 saturated heterocycles. The Balaban J connectivity index is 3.29. The fraction of sp³-hybridized carbons (Fsp3) is 0.947. The van der Waals surface area contributed by atoms with Crippen LogP contribution < -0.4 is 0 Å². The van der Waals surface area contributed by atoms with Gasteiger partial charge in [0.1, 0.15) is 0 Å². The van der Waals surface area contributed by atoms with E-state index < -0.39 is 0 Å². The van der Waals surface area contributed by atoms with Crippen LogP contribution in [-0.4, -0.2) is 38.5 Å². The molecule has 1 unspecified atom stereocenters. The van der Waals surface area contributed by atoms with Crippen molar-refractivity contribution in [3.63, 3.8) is 0 Å². The summed E-state index contributed by atoms with van der Waals surface area (Å²) in [7, 11) is 0. The molecule has 0 aromatic heterocycles. The first-order valence-corrected chi connectivity index (χ1v) is 9.55. The molecule has 0 spiro atoms. The monoisotopic (exact) mass is 330 g/mol. The van der Waals surface area contributed by atoms with E-state index in [1.54, 1.807) is 0 Å². The van der Waals surface area contributed by atoms with Gasteiger partial charge in [0.15, 0.2) is 0 Å². The standard InChI is InChI=1S/C19H38O4/c1-4-6-8-9-12-18(3)23-19(20)13-11-15-22-17-16-21-14-10-7-5-2/h18H,4-17H2,1-3H3. The maximum atomic E-state index is 11.7. The zero-order valence-corrected chi connectivity index (χ0v) is 15.6. The average Bonchev–Trinajstić information content (AvgIpc) is 2.53. The second-order valence-corrected chi connectivity index (χ2v) is 6.19. The number of unbranched alkanes of at least 4 members (excludes halogenated alkanes) is 5. The molecule has 0 rings (SSSR count). The highest BCUT2D eigenvalue weighted by Crippen LogP contribution is 2.09. The van der Waals surface area contributed by atoms with Crippen molar-refractivity contribution >= 4 is 5.97 Å². The Bertz CT molecular complexity index is 256. The number of carbonyl (C=O) groups excluding carboxylic acids is 1. The van der Waals surface area contributed by atoms with Crippen LogP contribution in [0.4, 0.5) is 0 Å². The van der Waals surface area contributed by atoms with Crippen molar-refractivity contribution in [3.8, 4) is 0 Å². The molecule has 0 aromatic carbocycles. The Hall–Kier alpha value is -0.610. The molecule has 23 heavy (non-hydrogen) atoms. The van der Waals surface area contributed by atoms with Gasteiger partial charge < -0.3 is 14.2 Å². The molecule has 0 heterocycles. The summed E-state index contributed by atoms with van der Waals surface area (Å²) in [6, 6.07) is 0. The van der Waals surface area contributed by atoms with Gasteiger partial charge in [-0.15, -0.1) is 0 Å². The number of carbonyl (C=O) groups is 1. The van der Waals surface area contributed by atoms with E-state index in [-0.39, 0.29) is 12.1 Å². The van der Waals surface area contributed by atoms with E-state index in [4.69, 9.17) is 14.2 Å². The molecule has 0 radical (unpaired) electrons. The van der Waals surface area contributed by atoms with Gasteiger partial charge in [-0.2, -0.15) is 0 Å². The van der Waals surface area contributed by atoms with Crippen LogP contribution in [0.15, 0.2) is 0 Å². The summed E-state index contributed by atoms with van der Waals surface area (Å²) in [4.78, 5) is 11.7. The highest BCUT2D eigenvalue weighted by atomic mass is 16.5.